The number of phosphoric acid groups is 1. The Kier molecular flexibility index (Phi) is 11.9. The minimum absolute atomic E-state index is 0.0629. The van der Waals surface area contributed by atoms with Crippen LogP contribution in [0.3, 0.4) is 0 Å². The fourth-order valence-electron chi connectivity index (χ4n) is 6.25. The molecule has 3 N–H and O–H groups in total. The van der Waals surface area contributed by atoms with Gasteiger partial charge in [-0.2, -0.15) is 0 Å². The first-order valence-corrected chi connectivity index (χ1v) is 18.0. The predicted octanol–water partition coefficient (Wildman–Crippen LogP) is 2.78. The Morgan fingerprint density at radius 3 is 2.59 bits per heavy atom. The van der Waals surface area contributed by atoms with Crippen molar-refractivity contribution in [3.8, 4) is 5.75 Å². The molecule has 2 bridgehead atoms. The van der Waals surface area contributed by atoms with Gasteiger partial charge in [-0.3, -0.25) is 14.4 Å². The number of hydrogen-bond donors (Lipinski definition) is 3. The molecule has 5 rings (SSSR count). The van der Waals surface area contributed by atoms with Crippen molar-refractivity contribution in [3.05, 3.63) is 63.1 Å². The second kappa shape index (κ2) is 16.1. The van der Waals surface area contributed by atoms with Crippen LogP contribution in [0.1, 0.15) is 72.5 Å². The second-order valence-electron chi connectivity index (χ2n) is 13.0. The third kappa shape index (κ3) is 8.81. The summed E-state index contributed by atoms with van der Waals surface area (Å²) in [7, 11) is -3.63. The molecule has 1 fully saturated rings. The van der Waals surface area contributed by atoms with Crippen LogP contribution in [0, 0.1) is 11.6 Å². The Bertz CT molecular complexity index is 1960. The molecule has 1 aromatic carbocycles. The van der Waals surface area contributed by atoms with E-state index in [0.29, 0.717) is 31.0 Å². The van der Waals surface area contributed by atoms with E-state index in [4.69, 9.17) is 28.8 Å². The molecule has 22 heteroatoms. The van der Waals surface area contributed by atoms with Crippen molar-refractivity contribution in [3.63, 3.8) is 0 Å². The Morgan fingerprint density at radius 2 is 1.93 bits per heavy atom. The summed E-state index contributed by atoms with van der Waals surface area (Å²) in [6.07, 6.45) is 0.208. The quantitative estimate of drug-likeness (QED) is 0.160. The van der Waals surface area contributed by atoms with Crippen molar-refractivity contribution >= 4 is 37.6 Å². The zero-order valence-corrected chi connectivity index (χ0v) is 30.4. The molecule has 3 aliphatic rings. The normalized spacial score (nSPS) is 20.9. The number of halogens is 2. The van der Waals surface area contributed by atoms with E-state index in [-0.39, 0.29) is 23.8 Å². The first kappa shape index (κ1) is 40.1. The Balaban J connectivity index is 1.36. The number of fused-ring (bicyclic) bond motifs is 5. The van der Waals surface area contributed by atoms with Gasteiger partial charge in [0.25, 0.3) is 11.8 Å². The molecule has 1 saturated heterocycles. The Hall–Kier alpha value is -5.11. The molecule has 4 heterocycles. The van der Waals surface area contributed by atoms with Gasteiger partial charge in [0.15, 0.2) is 11.3 Å². The molecule has 4 atom stereocenters. The van der Waals surface area contributed by atoms with E-state index in [1.807, 2.05) is 6.92 Å². The molecule has 54 heavy (non-hydrogen) atoms. The number of ether oxygens (including phenoxy) is 4. The van der Waals surface area contributed by atoms with Gasteiger partial charge in [0, 0.05) is 50.4 Å². The number of benzene rings is 1. The average Bonchev–Trinajstić information content (AvgIpc) is 3.44. The fourth-order valence-corrected chi connectivity index (χ4v) is 6.44. The molecule has 0 aliphatic carbocycles. The van der Waals surface area contributed by atoms with Crippen LogP contribution in [-0.4, -0.2) is 105 Å². The van der Waals surface area contributed by atoms with E-state index in [1.165, 1.54) is 24.7 Å². The minimum Gasteiger partial charge on any atom is -0.451 e. The second-order valence-corrected chi connectivity index (χ2v) is 14.2. The molecule has 3 amide bonds. The SMILES string of the molecule is CC1=NO[C@@]2(CC[C@H](C)N3C[C@H]2n2cc(C(=O)NCc4ccc(F)cc4F)c(=O)c(OCOC(=O)OC[C@H](C)N(C)C(=O)OCOP(=O)(O)O)c2C3=O)C1. The number of rotatable bonds is 12. The Morgan fingerprint density at radius 1 is 1.19 bits per heavy atom. The average molecular weight is 786 g/mol. The van der Waals surface area contributed by atoms with Crippen LogP contribution < -0.4 is 15.5 Å². The van der Waals surface area contributed by atoms with E-state index < -0.39 is 105 Å². The van der Waals surface area contributed by atoms with E-state index in [9.17, 15) is 37.3 Å². The summed E-state index contributed by atoms with van der Waals surface area (Å²) in [6, 6.07) is 0.979. The first-order chi connectivity index (χ1) is 25.4. The lowest BCUT2D eigenvalue weighted by Crippen LogP contribution is -2.52. The molecule has 294 valence electrons. The van der Waals surface area contributed by atoms with Crippen LogP contribution in [0.2, 0.25) is 0 Å². The van der Waals surface area contributed by atoms with Crippen molar-refractivity contribution in [1.29, 1.82) is 0 Å². The number of nitrogens with one attached hydrogen (secondary N) is 1. The topological polar surface area (TPSA) is 234 Å². The van der Waals surface area contributed by atoms with E-state index in [1.54, 1.807) is 11.8 Å². The predicted molar refractivity (Wildman–Crippen MR) is 178 cm³/mol. The summed E-state index contributed by atoms with van der Waals surface area (Å²) in [6.45, 7) is 2.32. The fraction of sp³-hybridized carbons (Fsp3) is 0.500. The van der Waals surface area contributed by atoms with Gasteiger partial charge in [-0.1, -0.05) is 11.2 Å². The smallest absolute Gasteiger partial charge is 0.451 e. The van der Waals surface area contributed by atoms with E-state index in [2.05, 4.69) is 19.7 Å². The molecule has 0 unspecified atom stereocenters. The summed E-state index contributed by atoms with van der Waals surface area (Å²) >= 11 is 0. The van der Waals surface area contributed by atoms with Gasteiger partial charge >= 0.3 is 20.1 Å². The number of carbonyl (C=O) groups is 4. The molecule has 19 nitrogen and oxygen atoms in total. The number of phosphoric ester groups is 1. The first-order valence-electron chi connectivity index (χ1n) is 16.5. The number of amides is 3. The number of hydrogen-bond acceptors (Lipinski definition) is 13. The zero-order chi connectivity index (χ0) is 39.5. The van der Waals surface area contributed by atoms with Gasteiger partial charge in [-0.05, 0) is 39.7 Å². The molecule has 0 radical (unpaired) electrons. The molecular weight excluding hydrogens is 747 g/mol. The van der Waals surface area contributed by atoms with Crippen LogP contribution >= 0.6 is 7.82 Å². The van der Waals surface area contributed by atoms with Crippen molar-refractivity contribution in [2.24, 2.45) is 5.16 Å². The number of carbonyl (C=O) groups excluding carboxylic acids is 4. The highest BCUT2D eigenvalue weighted by Crippen LogP contribution is 2.46. The molecule has 1 spiro atoms. The number of pyridine rings is 1. The maximum absolute atomic E-state index is 14.3. The number of aromatic nitrogens is 1. The summed E-state index contributed by atoms with van der Waals surface area (Å²) in [5.74, 6) is -3.95. The lowest BCUT2D eigenvalue weighted by molar-refractivity contribution is -0.0658. The molecule has 3 aliphatic heterocycles. The van der Waals surface area contributed by atoms with Crippen LogP contribution in [0.15, 0.2) is 34.3 Å². The molecule has 1 aromatic heterocycles. The standard InChI is InChI=1S/C32H38F2N5O14P/c1-17-10-32(53-36-17)8-7-18(2)38-13-24(32)39-12-22(28(41)35-11-20-5-6-21(33)9-23(20)34)26(40)27(25(39)29(38)42)49-15-51-31(44)48-14-19(3)37(4)30(43)50-16-52-54(45,46)47/h5-6,9,12,18-19,24H,7-8,10-11,13-16H2,1-4H3,(H,35,41)(H2,45,46,47)/t18-,19-,24+,32-/m0/s1. The molecule has 0 saturated carbocycles. The summed E-state index contributed by atoms with van der Waals surface area (Å²) < 4.78 is 64.2. The van der Waals surface area contributed by atoms with Crippen LogP contribution in [0.25, 0.3) is 0 Å². The van der Waals surface area contributed by atoms with Crippen LogP contribution in [-0.2, 0) is 34.7 Å². The Labute approximate surface area is 305 Å². The minimum atomic E-state index is -4.88. The van der Waals surface area contributed by atoms with Crippen molar-refractivity contribution in [2.75, 3.05) is 33.8 Å². The lowest BCUT2D eigenvalue weighted by Gasteiger charge is -2.42. The maximum atomic E-state index is 14.3. The van der Waals surface area contributed by atoms with Crippen molar-refractivity contribution in [1.82, 2.24) is 19.7 Å². The highest BCUT2D eigenvalue weighted by atomic mass is 31.2. The highest BCUT2D eigenvalue weighted by Gasteiger charge is 2.54. The largest absolute Gasteiger partial charge is 0.511 e. The van der Waals surface area contributed by atoms with E-state index >= 15 is 0 Å². The lowest BCUT2D eigenvalue weighted by atomic mass is 9.84. The van der Waals surface area contributed by atoms with Crippen molar-refractivity contribution in [2.45, 2.75) is 70.3 Å². The van der Waals surface area contributed by atoms with Gasteiger partial charge in [-0.15, -0.1) is 0 Å². The van der Waals surface area contributed by atoms with Crippen LogP contribution in [0.4, 0.5) is 18.4 Å². The molecular formula is C32H38F2N5O14P. The van der Waals surface area contributed by atoms with Crippen LogP contribution in [0.5, 0.6) is 5.75 Å². The van der Waals surface area contributed by atoms with Gasteiger partial charge < -0.3 is 53.3 Å². The van der Waals surface area contributed by atoms with Crippen molar-refractivity contribution < 1.29 is 70.6 Å². The zero-order valence-electron chi connectivity index (χ0n) is 29.5. The summed E-state index contributed by atoms with van der Waals surface area (Å²) in [4.78, 5) is 91.9. The third-order valence-corrected chi connectivity index (χ3v) is 9.74. The van der Waals surface area contributed by atoms with E-state index in [0.717, 1.165) is 17.0 Å². The summed E-state index contributed by atoms with van der Waals surface area (Å²) in [5.41, 5.74) is -2.12. The van der Waals surface area contributed by atoms with Gasteiger partial charge in [0.1, 0.15) is 23.8 Å². The van der Waals surface area contributed by atoms with Gasteiger partial charge in [0.2, 0.25) is 24.8 Å². The number of likely N-dealkylation sites (N-methyl/N-ethyl adjacent to an activating group) is 1. The maximum Gasteiger partial charge on any atom is 0.511 e. The number of nitrogens with zero attached hydrogens (tertiary/aromatic N) is 4. The summed E-state index contributed by atoms with van der Waals surface area (Å²) in [5, 5.41) is 6.60. The van der Waals surface area contributed by atoms with Gasteiger partial charge in [-0.25, -0.2) is 27.5 Å². The number of oxime groups is 1. The monoisotopic (exact) mass is 785 g/mol. The van der Waals surface area contributed by atoms with Gasteiger partial charge in [0.05, 0.1) is 17.8 Å². The highest BCUT2D eigenvalue weighted by molar-refractivity contribution is 7.46. The molecule has 2 aromatic rings. The third-order valence-electron chi connectivity index (χ3n) is 9.30.